The predicted molar refractivity (Wildman–Crippen MR) is 88.2 cm³/mol. The van der Waals surface area contributed by atoms with Crippen LogP contribution < -0.4 is 16.0 Å². The maximum atomic E-state index is 12.8. The number of rotatable bonds is 4. The van der Waals surface area contributed by atoms with Crippen molar-refractivity contribution < 1.29 is 14.0 Å². The lowest BCUT2D eigenvalue weighted by Crippen LogP contribution is -2.35. The first-order valence-electron chi connectivity index (χ1n) is 6.80. The van der Waals surface area contributed by atoms with E-state index in [1.807, 2.05) is 6.92 Å². The van der Waals surface area contributed by atoms with Crippen LogP contribution in [0.15, 0.2) is 42.5 Å². The molecular formula is C16H15ClFN3O2. The van der Waals surface area contributed by atoms with Gasteiger partial charge in [-0.2, -0.15) is 0 Å². The maximum absolute atomic E-state index is 12.8. The van der Waals surface area contributed by atoms with Crippen molar-refractivity contribution in [2.24, 2.45) is 0 Å². The van der Waals surface area contributed by atoms with Gasteiger partial charge in [-0.3, -0.25) is 4.79 Å². The van der Waals surface area contributed by atoms with Crippen molar-refractivity contribution in [2.45, 2.75) is 6.92 Å². The van der Waals surface area contributed by atoms with Crippen LogP contribution in [0.3, 0.4) is 0 Å². The first-order chi connectivity index (χ1) is 10.9. The summed E-state index contributed by atoms with van der Waals surface area (Å²) in [6, 6.07) is 9.89. The van der Waals surface area contributed by atoms with Gasteiger partial charge in [0.25, 0.3) is 0 Å². The summed E-state index contributed by atoms with van der Waals surface area (Å²) >= 11 is 5.84. The van der Waals surface area contributed by atoms with Crippen LogP contribution >= 0.6 is 11.6 Å². The summed E-state index contributed by atoms with van der Waals surface area (Å²) in [5, 5.41) is 8.18. The first kappa shape index (κ1) is 16.8. The van der Waals surface area contributed by atoms with Crippen molar-refractivity contribution in [1.82, 2.24) is 5.32 Å². The standard InChI is InChI=1S/C16H15ClFN3O2/c1-10-8-11(17)2-7-14(10)21-16(23)19-9-15(22)20-13-5-3-12(18)4-6-13/h2-8H,9H2,1H3,(H,20,22)(H2,19,21,23). The van der Waals surface area contributed by atoms with Crippen LogP contribution in [0.4, 0.5) is 20.6 Å². The van der Waals surface area contributed by atoms with Crippen molar-refractivity contribution in [3.05, 3.63) is 58.9 Å². The molecule has 2 rings (SSSR count). The normalized spacial score (nSPS) is 10.0. The number of benzene rings is 2. The quantitative estimate of drug-likeness (QED) is 0.799. The van der Waals surface area contributed by atoms with Crippen molar-refractivity contribution in [3.8, 4) is 0 Å². The number of carbonyl (C=O) groups excluding carboxylic acids is 2. The Morgan fingerprint density at radius 1 is 1.09 bits per heavy atom. The molecule has 5 nitrogen and oxygen atoms in total. The highest BCUT2D eigenvalue weighted by atomic mass is 35.5. The lowest BCUT2D eigenvalue weighted by molar-refractivity contribution is -0.115. The van der Waals surface area contributed by atoms with E-state index in [9.17, 15) is 14.0 Å². The van der Waals surface area contributed by atoms with Crippen LogP contribution in [0.25, 0.3) is 0 Å². The average Bonchev–Trinajstić information content (AvgIpc) is 2.50. The third-order valence-corrected chi connectivity index (χ3v) is 3.21. The van der Waals surface area contributed by atoms with Gasteiger partial charge in [0.2, 0.25) is 5.91 Å². The minimum atomic E-state index is -0.510. The van der Waals surface area contributed by atoms with Gasteiger partial charge in [-0.05, 0) is 55.0 Å². The molecule has 0 saturated heterocycles. The fourth-order valence-electron chi connectivity index (χ4n) is 1.83. The van der Waals surface area contributed by atoms with Crippen molar-refractivity contribution in [3.63, 3.8) is 0 Å². The molecule has 0 aliphatic heterocycles. The minimum absolute atomic E-state index is 0.212. The average molecular weight is 336 g/mol. The van der Waals surface area contributed by atoms with Crippen molar-refractivity contribution in [2.75, 3.05) is 17.2 Å². The molecule has 0 aliphatic rings. The molecule has 7 heteroatoms. The molecule has 2 aromatic rings. The monoisotopic (exact) mass is 335 g/mol. The Morgan fingerprint density at radius 3 is 2.43 bits per heavy atom. The van der Waals surface area contributed by atoms with E-state index in [1.165, 1.54) is 24.3 Å². The van der Waals surface area contributed by atoms with Gasteiger partial charge < -0.3 is 16.0 Å². The highest BCUT2D eigenvalue weighted by molar-refractivity contribution is 6.30. The van der Waals surface area contributed by atoms with Crippen molar-refractivity contribution in [1.29, 1.82) is 0 Å². The van der Waals surface area contributed by atoms with E-state index in [4.69, 9.17) is 11.6 Å². The third-order valence-electron chi connectivity index (χ3n) is 2.97. The van der Waals surface area contributed by atoms with Gasteiger partial charge in [0.05, 0.1) is 6.54 Å². The summed E-state index contributed by atoms with van der Waals surface area (Å²) in [5.41, 5.74) is 1.86. The summed E-state index contributed by atoms with van der Waals surface area (Å²) in [5.74, 6) is -0.807. The van der Waals surface area contributed by atoms with Crippen LogP contribution in [-0.4, -0.2) is 18.5 Å². The number of carbonyl (C=O) groups is 2. The Labute approximate surface area is 137 Å². The molecule has 0 radical (unpaired) electrons. The Morgan fingerprint density at radius 2 is 1.78 bits per heavy atom. The van der Waals surface area contributed by atoms with Gasteiger partial charge in [0.15, 0.2) is 0 Å². The summed E-state index contributed by atoms with van der Waals surface area (Å²) < 4.78 is 12.8. The van der Waals surface area contributed by atoms with E-state index < -0.39 is 11.9 Å². The summed E-state index contributed by atoms with van der Waals surface area (Å²) in [7, 11) is 0. The third kappa shape index (κ3) is 5.27. The number of nitrogens with one attached hydrogen (secondary N) is 3. The van der Waals surface area contributed by atoms with Crippen LogP contribution in [-0.2, 0) is 4.79 Å². The second-order valence-corrected chi connectivity index (χ2v) is 5.26. The molecule has 0 heterocycles. The van der Waals surface area contributed by atoms with E-state index >= 15 is 0 Å². The molecule has 0 spiro atoms. The summed E-state index contributed by atoms with van der Waals surface area (Å²) in [6.45, 7) is 1.60. The number of amides is 3. The largest absolute Gasteiger partial charge is 0.329 e. The molecule has 0 saturated carbocycles. The first-order valence-corrected chi connectivity index (χ1v) is 7.18. The Hall–Kier alpha value is -2.60. The molecule has 3 N–H and O–H groups in total. The number of urea groups is 1. The fourth-order valence-corrected chi connectivity index (χ4v) is 2.06. The number of halogens is 2. The number of hydrogen-bond donors (Lipinski definition) is 3. The van der Waals surface area contributed by atoms with Gasteiger partial charge in [0, 0.05) is 16.4 Å². The highest BCUT2D eigenvalue weighted by Crippen LogP contribution is 2.19. The van der Waals surface area contributed by atoms with Gasteiger partial charge in [-0.25, -0.2) is 9.18 Å². The van der Waals surface area contributed by atoms with E-state index in [0.717, 1.165) is 5.56 Å². The SMILES string of the molecule is Cc1cc(Cl)ccc1NC(=O)NCC(=O)Nc1ccc(F)cc1. The molecule has 0 fully saturated rings. The Balaban J connectivity index is 1.81. The van der Waals surface area contributed by atoms with E-state index in [0.29, 0.717) is 16.4 Å². The molecule has 0 unspecified atom stereocenters. The number of aryl methyl sites for hydroxylation is 1. The second-order valence-electron chi connectivity index (χ2n) is 4.82. The molecule has 2 aromatic carbocycles. The molecule has 0 atom stereocenters. The van der Waals surface area contributed by atoms with Gasteiger partial charge >= 0.3 is 6.03 Å². The predicted octanol–water partition coefficient (Wildman–Crippen LogP) is 3.55. The van der Waals surface area contributed by atoms with Gasteiger partial charge in [-0.15, -0.1) is 0 Å². The van der Waals surface area contributed by atoms with Crippen molar-refractivity contribution >= 4 is 34.9 Å². The van der Waals surface area contributed by atoms with Crippen LogP contribution in [0.5, 0.6) is 0 Å². The van der Waals surface area contributed by atoms with E-state index in [1.54, 1.807) is 18.2 Å². The molecule has 0 aliphatic carbocycles. The zero-order chi connectivity index (χ0) is 16.8. The number of anilines is 2. The second kappa shape index (κ2) is 7.60. The smallest absolute Gasteiger partial charge is 0.319 e. The van der Waals surface area contributed by atoms with E-state index in [-0.39, 0.29) is 12.4 Å². The molecule has 120 valence electrons. The molecular weight excluding hydrogens is 321 g/mol. The van der Waals surface area contributed by atoms with Gasteiger partial charge in [-0.1, -0.05) is 11.6 Å². The summed E-state index contributed by atoms with van der Waals surface area (Å²) in [6.07, 6.45) is 0. The van der Waals surface area contributed by atoms with Gasteiger partial charge in [0.1, 0.15) is 5.82 Å². The summed E-state index contributed by atoms with van der Waals surface area (Å²) in [4.78, 5) is 23.5. The Bertz CT molecular complexity index is 720. The molecule has 0 aromatic heterocycles. The minimum Gasteiger partial charge on any atom is -0.329 e. The number of hydrogen-bond acceptors (Lipinski definition) is 2. The highest BCUT2D eigenvalue weighted by Gasteiger charge is 2.08. The topological polar surface area (TPSA) is 70.2 Å². The lowest BCUT2D eigenvalue weighted by Gasteiger charge is -2.10. The molecule has 23 heavy (non-hydrogen) atoms. The molecule has 0 bridgehead atoms. The van der Waals surface area contributed by atoms with Crippen LogP contribution in [0, 0.1) is 12.7 Å². The van der Waals surface area contributed by atoms with E-state index in [2.05, 4.69) is 16.0 Å². The lowest BCUT2D eigenvalue weighted by atomic mass is 10.2. The maximum Gasteiger partial charge on any atom is 0.319 e. The zero-order valence-electron chi connectivity index (χ0n) is 12.3. The van der Waals surface area contributed by atoms with Crippen LogP contribution in [0.1, 0.15) is 5.56 Å². The Kier molecular flexibility index (Phi) is 5.54. The molecule has 3 amide bonds. The zero-order valence-corrected chi connectivity index (χ0v) is 13.1. The fraction of sp³-hybridized carbons (Fsp3) is 0.125. The van der Waals surface area contributed by atoms with Crippen LogP contribution in [0.2, 0.25) is 5.02 Å².